The molecule has 0 aliphatic heterocycles. The number of rotatable bonds is 7. The summed E-state index contributed by atoms with van der Waals surface area (Å²) in [6, 6.07) is 1.55. The largest absolute Gasteiger partial charge is 0.477 e. The highest BCUT2D eigenvalue weighted by Gasteiger charge is 2.16. The van der Waals surface area contributed by atoms with Crippen molar-refractivity contribution >= 4 is 31.7 Å². The van der Waals surface area contributed by atoms with Gasteiger partial charge in [-0.05, 0) is 35.3 Å². The second-order valence-corrected chi connectivity index (χ2v) is 7.23. The van der Waals surface area contributed by atoms with E-state index in [1.807, 2.05) is 0 Å². The van der Waals surface area contributed by atoms with E-state index < -0.39 is 15.8 Å². The van der Waals surface area contributed by atoms with Crippen molar-refractivity contribution < 1.29 is 22.7 Å². The van der Waals surface area contributed by atoms with Crippen molar-refractivity contribution in [2.24, 2.45) is 0 Å². The van der Waals surface area contributed by atoms with Crippen LogP contribution in [-0.2, 0) is 14.6 Å². The molecule has 0 bridgehead atoms. The number of pyridine rings is 1. The highest BCUT2D eigenvalue weighted by Crippen LogP contribution is 2.21. The van der Waals surface area contributed by atoms with Gasteiger partial charge in [-0.2, -0.15) is 0 Å². The van der Waals surface area contributed by atoms with Crippen molar-refractivity contribution in [3.05, 3.63) is 22.3 Å². The molecule has 0 aromatic carbocycles. The van der Waals surface area contributed by atoms with Crippen molar-refractivity contribution in [3.63, 3.8) is 0 Å². The molecule has 0 radical (unpaired) electrons. The number of sulfone groups is 1. The summed E-state index contributed by atoms with van der Waals surface area (Å²) in [4.78, 5) is 15.7. The Labute approximate surface area is 126 Å². The number of carbonyl (C=O) groups is 1. The second-order valence-electron chi connectivity index (χ2n) is 4.06. The van der Waals surface area contributed by atoms with Gasteiger partial charge in [0.05, 0.1) is 19.0 Å². The average Bonchev–Trinajstić information content (AvgIpc) is 2.35. The normalized spacial score (nSPS) is 11.2. The lowest BCUT2D eigenvalue weighted by atomic mass is 10.3. The Bertz CT molecular complexity index is 573. The minimum Gasteiger partial charge on any atom is -0.477 e. The van der Waals surface area contributed by atoms with E-state index >= 15 is 0 Å². The predicted molar refractivity (Wildman–Crippen MR) is 77.7 cm³/mol. The van der Waals surface area contributed by atoms with E-state index in [0.717, 1.165) is 6.26 Å². The zero-order chi connectivity index (χ0) is 15.2. The molecule has 1 heterocycles. The lowest BCUT2D eigenvalue weighted by molar-refractivity contribution is 0.0520. The van der Waals surface area contributed by atoms with Crippen LogP contribution < -0.4 is 4.74 Å². The molecule has 0 unspecified atom stereocenters. The molecule has 0 N–H and O–H groups in total. The van der Waals surface area contributed by atoms with E-state index in [-0.39, 0.29) is 30.4 Å². The molecule has 0 fully saturated rings. The molecule has 1 rings (SSSR count). The number of halogens is 1. The van der Waals surface area contributed by atoms with Gasteiger partial charge in [0.25, 0.3) is 0 Å². The number of nitrogens with zero attached hydrogens (tertiary/aromatic N) is 1. The maximum Gasteiger partial charge on any atom is 0.343 e. The highest BCUT2D eigenvalue weighted by molar-refractivity contribution is 9.10. The molecule has 1 aromatic heterocycles. The van der Waals surface area contributed by atoms with Crippen molar-refractivity contribution in [1.82, 2.24) is 4.98 Å². The van der Waals surface area contributed by atoms with E-state index in [0.29, 0.717) is 10.9 Å². The molecular formula is C12H16BrNO5S. The third-order valence-electron chi connectivity index (χ3n) is 2.21. The number of carbonyl (C=O) groups excluding carboxylic acids is 1. The van der Waals surface area contributed by atoms with Gasteiger partial charge in [0.2, 0.25) is 5.88 Å². The fourth-order valence-electron chi connectivity index (χ4n) is 1.39. The first-order valence-corrected chi connectivity index (χ1v) is 8.82. The van der Waals surface area contributed by atoms with Crippen LogP contribution in [0.1, 0.15) is 23.7 Å². The van der Waals surface area contributed by atoms with E-state index in [1.165, 1.54) is 6.20 Å². The molecular weight excluding hydrogens is 350 g/mol. The van der Waals surface area contributed by atoms with Gasteiger partial charge >= 0.3 is 5.97 Å². The summed E-state index contributed by atoms with van der Waals surface area (Å²) in [6.45, 7) is 2.11. The first-order valence-electron chi connectivity index (χ1n) is 5.96. The van der Waals surface area contributed by atoms with Gasteiger partial charge in [0, 0.05) is 16.9 Å². The topological polar surface area (TPSA) is 82.6 Å². The van der Waals surface area contributed by atoms with Crippen molar-refractivity contribution in [3.8, 4) is 5.88 Å². The van der Waals surface area contributed by atoms with Crippen molar-refractivity contribution in [2.75, 3.05) is 25.2 Å². The van der Waals surface area contributed by atoms with Gasteiger partial charge in [-0.1, -0.05) is 0 Å². The summed E-state index contributed by atoms with van der Waals surface area (Å²) in [5.41, 5.74) is 0.209. The fourth-order valence-corrected chi connectivity index (χ4v) is 2.36. The third kappa shape index (κ3) is 5.87. The van der Waals surface area contributed by atoms with Crippen LogP contribution in [0.2, 0.25) is 0 Å². The lowest BCUT2D eigenvalue weighted by Crippen LogP contribution is -2.12. The van der Waals surface area contributed by atoms with Gasteiger partial charge in [-0.25, -0.2) is 18.2 Å². The average molecular weight is 366 g/mol. The fraction of sp³-hybridized carbons (Fsp3) is 0.500. The number of aromatic nitrogens is 1. The van der Waals surface area contributed by atoms with E-state index in [1.54, 1.807) is 13.0 Å². The highest BCUT2D eigenvalue weighted by atomic mass is 79.9. The Morgan fingerprint density at radius 2 is 2.15 bits per heavy atom. The first kappa shape index (κ1) is 16.9. The van der Waals surface area contributed by atoms with Gasteiger partial charge < -0.3 is 9.47 Å². The predicted octanol–water partition coefficient (Wildman–Crippen LogP) is 1.83. The van der Waals surface area contributed by atoms with Crippen molar-refractivity contribution in [2.45, 2.75) is 13.3 Å². The van der Waals surface area contributed by atoms with Crippen LogP contribution >= 0.6 is 15.9 Å². The number of ether oxygens (including phenoxy) is 2. The van der Waals surface area contributed by atoms with Crippen molar-refractivity contribution in [1.29, 1.82) is 0 Å². The van der Waals surface area contributed by atoms with Crippen LogP contribution in [0.3, 0.4) is 0 Å². The lowest BCUT2D eigenvalue weighted by Gasteiger charge is -2.09. The molecule has 8 heteroatoms. The first-order chi connectivity index (χ1) is 9.33. The SMILES string of the molecule is CCOC(=O)c1cc(Br)cnc1OCCCS(C)(=O)=O. The zero-order valence-electron chi connectivity index (χ0n) is 11.3. The smallest absolute Gasteiger partial charge is 0.343 e. The Kier molecular flexibility index (Phi) is 6.41. The summed E-state index contributed by atoms with van der Waals surface area (Å²) in [5.74, 6) is -0.363. The summed E-state index contributed by atoms with van der Waals surface area (Å²) in [7, 11) is -3.02. The Hall–Kier alpha value is -1.15. The van der Waals surface area contributed by atoms with E-state index in [9.17, 15) is 13.2 Å². The summed E-state index contributed by atoms with van der Waals surface area (Å²) in [6.07, 6.45) is 2.99. The molecule has 0 saturated heterocycles. The van der Waals surface area contributed by atoms with Gasteiger partial charge in [-0.15, -0.1) is 0 Å². The maximum atomic E-state index is 11.8. The second kappa shape index (κ2) is 7.58. The van der Waals surface area contributed by atoms with Gasteiger partial charge in [-0.3, -0.25) is 0 Å². The minimum atomic E-state index is -3.02. The molecule has 112 valence electrons. The molecule has 0 aliphatic carbocycles. The quantitative estimate of drug-likeness (QED) is 0.541. The van der Waals surface area contributed by atoms with Crippen LogP contribution in [0.15, 0.2) is 16.7 Å². The standard InChI is InChI=1S/C12H16BrNO5S/c1-3-18-12(15)10-7-9(13)8-14-11(10)19-5-4-6-20(2,16)17/h7-8H,3-6H2,1-2H3. The Morgan fingerprint density at radius 3 is 2.75 bits per heavy atom. The Balaban J connectivity index is 2.71. The van der Waals surface area contributed by atoms with Crippen LogP contribution in [0, 0.1) is 0 Å². The van der Waals surface area contributed by atoms with E-state index in [4.69, 9.17) is 9.47 Å². The van der Waals surface area contributed by atoms with Gasteiger partial charge in [0.15, 0.2) is 0 Å². The maximum absolute atomic E-state index is 11.8. The number of esters is 1. The molecule has 6 nitrogen and oxygen atoms in total. The monoisotopic (exact) mass is 365 g/mol. The molecule has 0 atom stereocenters. The zero-order valence-corrected chi connectivity index (χ0v) is 13.7. The molecule has 1 aromatic rings. The third-order valence-corrected chi connectivity index (χ3v) is 3.68. The number of hydrogen-bond acceptors (Lipinski definition) is 6. The summed E-state index contributed by atoms with van der Waals surface area (Å²) < 4.78 is 32.9. The molecule has 0 aliphatic rings. The van der Waals surface area contributed by atoms with E-state index in [2.05, 4.69) is 20.9 Å². The van der Waals surface area contributed by atoms with Crippen LogP contribution in [0.4, 0.5) is 0 Å². The van der Waals surface area contributed by atoms with Gasteiger partial charge in [0.1, 0.15) is 15.4 Å². The van der Waals surface area contributed by atoms with Crippen LogP contribution in [-0.4, -0.2) is 44.6 Å². The minimum absolute atomic E-state index is 0.0261. The summed E-state index contributed by atoms with van der Waals surface area (Å²) in [5, 5.41) is 0. The molecule has 0 amide bonds. The molecule has 0 saturated carbocycles. The molecule has 20 heavy (non-hydrogen) atoms. The van der Waals surface area contributed by atoms with Crippen LogP contribution in [0.25, 0.3) is 0 Å². The number of hydrogen-bond donors (Lipinski definition) is 0. The Morgan fingerprint density at radius 1 is 1.45 bits per heavy atom. The summed E-state index contributed by atoms with van der Waals surface area (Å²) >= 11 is 3.22. The molecule has 0 spiro atoms. The van der Waals surface area contributed by atoms with Crippen LogP contribution in [0.5, 0.6) is 5.88 Å².